The first-order chi connectivity index (χ1) is 17.0. The zero-order valence-corrected chi connectivity index (χ0v) is 20.0. The molecule has 2 aromatic carbocycles. The van der Waals surface area contributed by atoms with Crippen LogP contribution < -0.4 is 4.74 Å². The van der Waals surface area contributed by atoms with Crippen LogP contribution in [0.2, 0.25) is 0 Å². The van der Waals surface area contributed by atoms with Gasteiger partial charge in [-0.05, 0) is 44.9 Å². The van der Waals surface area contributed by atoms with Gasteiger partial charge in [-0.2, -0.15) is 0 Å². The highest BCUT2D eigenvalue weighted by molar-refractivity contribution is 6.06. The van der Waals surface area contributed by atoms with Crippen LogP contribution in [0.15, 0.2) is 42.0 Å². The van der Waals surface area contributed by atoms with Crippen LogP contribution in [0.3, 0.4) is 0 Å². The van der Waals surface area contributed by atoms with Crippen molar-refractivity contribution in [3.63, 3.8) is 0 Å². The van der Waals surface area contributed by atoms with Gasteiger partial charge in [-0.1, -0.05) is 23.8 Å². The summed E-state index contributed by atoms with van der Waals surface area (Å²) in [5, 5.41) is 61.5. The molecule has 2 heterocycles. The van der Waals surface area contributed by atoms with Gasteiger partial charge in [0.15, 0.2) is 18.5 Å². The van der Waals surface area contributed by atoms with Gasteiger partial charge in [-0.15, -0.1) is 0 Å². The van der Waals surface area contributed by atoms with E-state index in [1.807, 2.05) is 19.9 Å². The molecular formula is C26H30O10. The van der Waals surface area contributed by atoms with E-state index in [4.69, 9.17) is 14.2 Å². The summed E-state index contributed by atoms with van der Waals surface area (Å²) in [5.41, 5.74) is 1.48. The first-order valence-corrected chi connectivity index (χ1v) is 11.6. The second kappa shape index (κ2) is 10.1. The van der Waals surface area contributed by atoms with E-state index in [0.29, 0.717) is 11.1 Å². The number of fused-ring (bicyclic) bond motifs is 1. The monoisotopic (exact) mass is 502 g/mol. The first-order valence-electron chi connectivity index (χ1n) is 11.6. The highest BCUT2D eigenvalue weighted by atomic mass is 16.7. The molecule has 1 saturated heterocycles. The summed E-state index contributed by atoms with van der Waals surface area (Å²) in [6.07, 6.45) is -7.56. The quantitative estimate of drug-likeness (QED) is 0.332. The van der Waals surface area contributed by atoms with Gasteiger partial charge >= 0.3 is 0 Å². The molecular weight excluding hydrogens is 472 g/mol. The van der Waals surface area contributed by atoms with Crippen molar-refractivity contribution in [1.82, 2.24) is 0 Å². The minimum absolute atomic E-state index is 0.0122. The molecule has 4 rings (SSSR count). The van der Waals surface area contributed by atoms with Crippen molar-refractivity contribution in [2.24, 2.45) is 0 Å². The number of carbonyl (C=O) groups excluding carboxylic acids is 1. The van der Waals surface area contributed by atoms with Crippen molar-refractivity contribution in [2.75, 3.05) is 0 Å². The third-order valence-electron chi connectivity index (χ3n) is 6.39. The summed E-state index contributed by atoms with van der Waals surface area (Å²) in [7, 11) is 0. The second-order valence-corrected chi connectivity index (χ2v) is 9.32. The average molecular weight is 503 g/mol. The molecule has 0 aliphatic carbocycles. The lowest BCUT2D eigenvalue weighted by atomic mass is 9.89. The molecule has 2 aliphatic heterocycles. The maximum Gasteiger partial charge on any atom is 0.203 e. The summed E-state index contributed by atoms with van der Waals surface area (Å²) in [6, 6.07) is 6.89. The molecule has 0 bridgehead atoms. The number of allylic oxidation sites excluding steroid dienone is 2. The number of hydrogen-bond donors (Lipinski definition) is 6. The molecule has 0 spiro atoms. The molecule has 0 unspecified atom stereocenters. The summed E-state index contributed by atoms with van der Waals surface area (Å²) in [6.45, 7) is 5.23. The minimum Gasteiger partial charge on any atom is -0.508 e. The number of ether oxygens (including phenoxy) is 3. The lowest BCUT2D eigenvalue weighted by Gasteiger charge is -2.42. The third kappa shape index (κ3) is 4.78. The van der Waals surface area contributed by atoms with E-state index in [9.17, 15) is 35.4 Å². The van der Waals surface area contributed by atoms with Crippen LogP contribution in [0.5, 0.6) is 23.0 Å². The predicted octanol–water partition coefficient (Wildman–Crippen LogP) is 1.84. The number of benzene rings is 2. The number of hydrogen-bond acceptors (Lipinski definition) is 10. The van der Waals surface area contributed by atoms with E-state index in [1.165, 1.54) is 31.2 Å². The fourth-order valence-corrected chi connectivity index (χ4v) is 4.32. The van der Waals surface area contributed by atoms with Crippen molar-refractivity contribution in [1.29, 1.82) is 0 Å². The van der Waals surface area contributed by atoms with E-state index >= 15 is 0 Å². The Morgan fingerprint density at radius 3 is 2.31 bits per heavy atom. The molecule has 0 amide bonds. The highest BCUT2D eigenvalue weighted by Crippen LogP contribution is 2.47. The Hall–Kier alpha value is -3.15. The molecule has 0 radical (unpaired) electrons. The Balaban J connectivity index is 1.80. The van der Waals surface area contributed by atoms with E-state index in [0.717, 1.165) is 11.6 Å². The maximum absolute atomic E-state index is 13.7. The van der Waals surface area contributed by atoms with E-state index < -0.39 is 54.4 Å². The molecule has 2 aliphatic rings. The predicted molar refractivity (Wildman–Crippen MR) is 126 cm³/mol. The molecule has 36 heavy (non-hydrogen) atoms. The molecule has 0 saturated carbocycles. The summed E-state index contributed by atoms with van der Waals surface area (Å²) >= 11 is 0. The van der Waals surface area contributed by atoms with Crippen molar-refractivity contribution < 1.29 is 49.6 Å². The SMILES string of the molecule is CC(C)=CCc1c(O)cc(O)c2c1O[C@@H](c1ccc(O)cc1)[C@@H](O[C@H]1O[C@@H](C)[C@H](O)[C@H](O)[C@@H]1O)C2=O. The van der Waals surface area contributed by atoms with Gasteiger partial charge in [0.05, 0.1) is 6.10 Å². The number of Topliss-reactive ketones (excluding diaryl/α,β-unsaturated/α-hetero) is 1. The van der Waals surface area contributed by atoms with Gasteiger partial charge in [-0.25, -0.2) is 0 Å². The van der Waals surface area contributed by atoms with Crippen molar-refractivity contribution in [3.8, 4) is 23.0 Å². The molecule has 2 aromatic rings. The first kappa shape index (κ1) is 25.9. The van der Waals surface area contributed by atoms with Crippen LogP contribution in [0.25, 0.3) is 0 Å². The number of phenols is 3. The Labute approximate surface area is 207 Å². The van der Waals surface area contributed by atoms with E-state index in [1.54, 1.807) is 0 Å². The number of phenolic OH excluding ortho intramolecular Hbond substituents is 3. The molecule has 6 N–H and O–H groups in total. The molecule has 194 valence electrons. The van der Waals surface area contributed by atoms with E-state index in [-0.39, 0.29) is 29.2 Å². The molecule has 1 fully saturated rings. The standard InChI is InChI=1S/C26H30O10/c1-11(2)4-9-15-16(28)10-17(29)18-20(31)25(36-26-22(33)21(32)19(30)12(3)34-26)23(35-24(15)18)13-5-7-14(27)8-6-13/h4-8,10,12,19,21-23,25-30,32-33H,9H2,1-3H3/t12-,19-,21-,22-,23-,25-,26+/m0/s1. The summed E-state index contributed by atoms with van der Waals surface area (Å²) < 4.78 is 17.6. The minimum atomic E-state index is -1.67. The van der Waals surface area contributed by atoms with Gasteiger partial charge in [-0.3, -0.25) is 4.79 Å². The Morgan fingerprint density at radius 2 is 1.67 bits per heavy atom. The molecule has 0 aromatic heterocycles. The largest absolute Gasteiger partial charge is 0.508 e. The number of aromatic hydroxyl groups is 3. The number of carbonyl (C=O) groups is 1. The van der Waals surface area contributed by atoms with Gasteiger partial charge in [0.1, 0.15) is 46.9 Å². The lowest BCUT2D eigenvalue weighted by Crippen LogP contribution is -2.59. The third-order valence-corrected chi connectivity index (χ3v) is 6.39. The molecule has 10 heteroatoms. The maximum atomic E-state index is 13.7. The Kier molecular flexibility index (Phi) is 7.26. The average Bonchev–Trinajstić information content (AvgIpc) is 2.82. The lowest BCUT2D eigenvalue weighted by molar-refractivity contribution is -0.304. The topological polar surface area (TPSA) is 166 Å². The van der Waals surface area contributed by atoms with Crippen LogP contribution in [0.1, 0.15) is 48.4 Å². The number of aliphatic hydroxyl groups is 3. The van der Waals surface area contributed by atoms with Gasteiger partial charge in [0.2, 0.25) is 5.78 Å². The highest BCUT2D eigenvalue weighted by Gasteiger charge is 2.48. The van der Waals surface area contributed by atoms with Gasteiger partial charge in [0, 0.05) is 11.6 Å². The smallest absolute Gasteiger partial charge is 0.203 e. The van der Waals surface area contributed by atoms with Gasteiger partial charge in [0.25, 0.3) is 0 Å². The normalized spacial score (nSPS) is 29.8. The zero-order valence-electron chi connectivity index (χ0n) is 20.0. The number of ketones is 1. The van der Waals surface area contributed by atoms with Gasteiger partial charge < -0.3 is 44.8 Å². The van der Waals surface area contributed by atoms with Crippen LogP contribution in [-0.4, -0.2) is 73.2 Å². The second-order valence-electron chi connectivity index (χ2n) is 9.32. The Bertz CT molecular complexity index is 1150. The fourth-order valence-electron chi connectivity index (χ4n) is 4.32. The van der Waals surface area contributed by atoms with Crippen LogP contribution in [-0.2, 0) is 15.9 Å². The van der Waals surface area contributed by atoms with Crippen molar-refractivity contribution in [3.05, 3.63) is 58.7 Å². The fraction of sp³-hybridized carbons (Fsp3) is 0.423. The zero-order chi connectivity index (χ0) is 26.3. The van der Waals surface area contributed by atoms with Crippen molar-refractivity contribution >= 4 is 5.78 Å². The molecule has 7 atom stereocenters. The van der Waals surface area contributed by atoms with Crippen LogP contribution in [0, 0.1) is 0 Å². The Morgan fingerprint density at radius 1 is 1.00 bits per heavy atom. The van der Waals surface area contributed by atoms with Crippen LogP contribution >= 0.6 is 0 Å². The number of rotatable bonds is 5. The molecule has 10 nitrogen and oxygen atoms in total. The summed E-state index contributed by atoms with van der Waals surface area (Å²) in [5.74, 6) is -1.50. The van der Waals surface area contributed by atoms with E-state index in [2.05, 4.69) is 0 Å². The number of aliphatic hydroxyl groups excluding tert-OH is 3. The van der Waals surface area contributed by atoms with Crippen molar-refractivity contribution in [2.45, 2.75) is 70.1 Å². The van der Waals surface area contributed by atoms with Crippen LogP contribution in [0.4, 0.5) is 0 Å². The summed E-state index contributed by atoms with van der Waals surface area (Å²) in [4.78, 5) is 13.7.